The summed E-state index contributed by atoms with van der Waals surface area (Å²) < 4.78 is 0. The molecule has 1 aliphatic heterocycles. The fraction of sp³-hybridized carbons (Fsp3) is 0.647. The molecule has 1 heterocycles. The summed E-state index contributed by atoms with van der Waals surface area (Å²) in [5, 5.41) is 3.67. The van der Waals surface area contributed by atoms with E-state index in [4.69, 9.17) is 0 Å². The van der Waals surface area contributed by atoms with Gasteiger partial charge in [0.2, 0.25) is 0 Å². The molecule has 1 aromatic carbocycles. The summed E-state index contributed by atoms with van der Waals surface area (Å²) >= 11 is 2.01. The average molecular weight is 290 g/mol. The molecule has 1 N–H and O–H groups in total. The van der Waals surface area contributed by atoms with Crippen LogP contribution in [0, 0.1) is 0 Å². The van der Waals surface area contributed by atoms with Crippen molar-refractivity contribution in [2.45, 2.75) is 42.5 Å². The maximum atomic E-state index is 3.67. The molecule has 1 saturated carbocycles. The Bertz CT molecular complexity index is 429. The second-order valence-electron chi connectivity index (χ2n) is 6.17. The van der Waals surface area contributed by atoms with E-state index < -0.39 is 0 Å². The number of fused-ring (bicyclic) bond motifs is 1. The van der Waals surface area contributed by atoms with Gasteiger partial charge in [-0.25, -0.2) is 0 Å². The number of likely N-dealkylation sites (N-methyl/N-ethyl adjacent to an activating group) is 1. The summed E-state index contributed by atoms with van der Waals surface area (Å²) in [6.45, 7) is 3.44. The van der Waals surface area contributed by atoms with E-state index in [-0.39, 0.29) is 0 Å². The van der Waals surface area contributed by atoms with E-state index in [1.165, 1.54) is 42.9 Å². The van der Waals surface area contributed by atoms with E-state index in [9.17, 15) is 0 Å². The minimum absolute atomic E-state index is 0.702. The Hall–Kier alpha value is -0.510. The Morgan fingerprint density at radius 3 is 2.90 bits per heavy atom. The predicted molar refractivity (Wildman–Crippen MR) is 87.7 cm³/mol. The molecule has 1 fully saturated rings. The molecule has 0 radical (unpaired) electrons. The third-order valence-corrected chi connectivity index (χ3v) is 6.03. The number of nitrogens with zero attached hydrogens (tertiary/aromatic N) is 1. The van der Waals surface area contributed by atoms with Gasteiger partial charge >= 0.3 is 0 Å². The van der Waals surface area contributed by atoms with Crippen molar-refractivity contribution in [2.75, 3.05) is 32.4 Å². The van der Waals surface area contributed by atoms with Gasteiger partial charge in [-0.15, -0.1) is 11.8 Å². The van der Waals surface area contributed by atoms with E-state index in [2.05, 4.69) is 41.5 Å². The van der Waals surface area contributed by atoms with Crippen molar-refractivity contribution in [1.82, 2.24) is 10.2 Å². The van der Waals surface area contributed by atoms with Crippen molar-refractivity contribution in [3.05, 3.63) is 29.8 Å². The zero-order valence-corrected chi connectivity index (χ0v) is 13.3. The molecular formula is C17H26N2S. The molecule has 0 amide bonds. The molecule has 1 unspecified atom stereocenters. The van der Waals surface area contributed by atoms with Gasteiger partial charge in [0.1, 0.15) is 0 Å². The Balaban J connectivity index is 1.38. The molecule has 20 heavy (non-hydrogen) atoms. The van der Waals surface area contributed by atoms with Gasteiger partial charge in [0.05, 0.1) is 0 Å². The smallest absolute Gasteiger partial charge is 0.0108 e. The molecule has 3 rings (SSSR count). The Kier molecular flexibility index (Phi) is 5.03. The SMILES string of the molecule is CN(CCNCC1CSc2ccccc21)C1CCCC1. The highest BCUT2D eigenvalue weighted by atomic mass is 32.2. The number of nitrogens with one attached hydrogen (secondary N) is 1. The number of thioether (sulfide) groups is 1. The van der Waals surface area contributed by atoms with Gasteiger partial charge in [-0.1, -0.05) is 31.0 Å². The van der Waals surface area contributed by atoms with Crippen LogP contribution in [0.1, 0.15) is 37.2 Å². The van der Waals surface area contributed by atoms with Crippen LogP contribution >= 0.6 is 11.8 Å². The Labute approximate surface area is 127 Å². The van der Waals surface area contributed by atoms with Crippen LogP contribution in [0.3, 0.4) is 0 Å². The maximum Gasteiger partial charge on any atom is 0.0108 e. The highest BCUT2D eigenvalue weighted by Crippen LogP contribution is 2.38. The van der Waals surface area contributed by atoms with Gasteiger partial charge < -0.3 is 10.2 Å². The van der Waals surface area contributed by atoms with Crippen molar-refractivity contribution in [3.8, 4) is 0 Å². The van der Waals surface area contributed by atoms with Gasteiger partial charge in [-0.05, 0) is 31.5 Å². The molecule has 0 bridgehead atoms. The highest BCUT2D eigenvalue weighted by molar-refractivity contribution is 7.99. The molecule has 110 valence electrons. The van der Waals surface area contributed by atoms with Gasteiger partial charge in [0.15, 0.2) is 0 Å². The lowest BCUT2D eigenvalue weighted by Crippen LogP contribution is -2.36. The van der Waals surface area contributed by atoms with Gasteiger partial charge in [-0.2, -0.15) is 0 Å². The average Bonchev–Trinajstić information content (AvgIpc) is 3.13. The van der Waals surface area contributed by atoms with Crippen molar-refractivity contribution < 1.29 is 0 Å². The number of hydrogen-bond acceptors (Lipinski definition) is 3. The van der Waals surface area contributed by atoms with Crippen molar-refractivity contribution in [2.24, 2.45) is 0 Å². The molecule has 0 spiro atoms. The van der Waals surface area contributed by atoms with Crippen molar-refractivity contribution in [3.63, 3.8) is 0 Å². The fourth-order valence-corrected chi connectivity index (χ4v) is 4.71. The summed E-state index contributed by atoms with van der Waals surface area (Å²) in [5.74, 6) is 1.94. The molecule has 0 aromatic heterocycles. The Morgan fingerprint density at radius 2 is 2.05 bits per heavy atom. The molecule has 2 aliphatic rings. The van der Waals surface area contributed by atoms with Gasteiger partial charge in [0.25, 0.3) is 0 Å². The number of hydrogen-bond donors (Lipinski definition) is 1. The van der Waals surface area contributed by atoms with E-state index in [0.29, 0.717) is 5.92 Å². The zero-order chi connectivity index (χ0) is 13.8. The largest absolute Gasteiger partial charge is 0.315 e. The second-order valence-corrected chi connectivity index (χ2v) is 7.23. The third kappa shape index (κ3) is 3.38. The minimum atomic E-state index is 0.702. The Morgan fingerprint density at radius 1 is 1.25 bits per heavy atom. The van der Waals surface area contributed by atoms with Gasteiger partial charge in [0, 0.05) is 42.2 Å². The lowest BCUT2D eigenvalue weighted by molar-refractivity contribution is 0.245. The van der Waals surface area contributed by atoms with Gasteiger partial charge in [-0.3, -0.25) is 0 Å². The first-order valence-corrected chi connectivity index (χ1v) is 8.96. The van der Waals surface area contributed by atoms with E-state index in [0.717, 1.165) is 19.1 Å². The predicted octanol–water partition coefficient (Wildman–Crippen LogP) is 3.34. The molecule has 2 nitrogen and oxygen atoms in total. The first-order chi connectivity index (χ1) is 9.84. The molecule has 1 aromatic rings. The molecular weight excluding hydrogens is 264 g/mol. The van der Waals surface area contributed by atoms with Crippen molar-refractivity contribution in [1.29, 1.82) is 0 Å². The summed E-state index contributed by atoms with van der Waals surface area (Å²) in [7, 11) is 2.29. The summed E-state index contributed by atoms with van der Waals surface area (Å²) in [6.07, 6.45) is 5.67. The molecule has 1 aliphatic carbocycles. The zero-order valence-electron chi connectivity index (χ0n) is 12.5. The highest BCUT2D eigenvalue weighted by Gasteiger charge is 2.22. The quantitative estimate of drug-likeness (QED) is 0.809. The van der Waals surface area contributed by atoms with Crippen LogP contribution in [-0.2, 0) is 0 Å². The van der Waals surface area contributed by atoms with E-state index in [1.807, 2.05) is 11.8 Å². The monoisotopic (exact) mass is 290 g/mol. The van der Waals surface area contributed by atoms with Crippen LogP contribution in [0.15, 0.2) is 29.2 Å². The maximum absolute atomic E-state index is 3.67. The normalized spacial score (nSPS) is 22.6. The van der Waals surface area contributed by atoms with E-state index in [1.54, 1.807) is 5.56 Å². The van der Waals surface area contributed by atoms with Crippen LogP contribution in [-0.4, -0.2) is 43.4 Å². The third-order valence-electron chi connectivity index (χ3n) is 4.78. The molecule has 3 heteroatoms. The first-order valence-electron chi connectivity index (χ1n) is 7.97. The number of benzene rings is 1. The van der Waals surface area contributed by atoms with Crippen LogP contribution in [0.2, 0.25) is 0 Å². The van der Waals surface area contributed by atoms with Crippen LogP contribution in [0.5, 0.6) is 0 Å². The summed E-state index contributed by atoms with van der Waals surface area (Å²) in [5.41, 5.74) is 1.55. The van der Waals surface area contributed by atoms with Crippen molar-refractivity contribution >= 4 is 11.8 Å². The lowest BCUT2D eigenvalue weighted by Gasteiger charge is -2.24. The molecule has 1 atom stereocenters. The topological polar surface area (TPSA) is 15.3 Å². The standard InChI is InChI=1S/C17H26N2S/c1-19(15-6-2-3-7-15)11-10-18-12-14-13-20-17-9-5-4-8-16(14)17/h4-5,8-9,14-15,18H,2-3,6-7,10-13H2,1H3. The fourth-order valence-electron chi connectivity index (χ4n) is 3.46. The first kappa shape index (κ1) is 14.4. The van der Waals surface area contributed by atoms with Crippen LogP contribution in [0.4, 0.5) is 0 Å². The summed E-state index contributed by atoms with van der Waals surface area (Å²) in [4.78, 5) is 4.04. The minimum Gasteiger partial charge on any atom is -0.315 e. The second kappa shape index (κ2) is 6.97. The van der Waals surface area contributed by atoms with Crippen LogP contribution in [0.25, 0.3) is 0 Å². The van der Waals surface area contributed by atoms with E-state index >= 15 is 0 Å². The summed E-state index contributed by atoms with van der Waals surface area (Å²) in [6, 6.07) is 9.73. The number of rotatable bonds is 6. The lowest BCUT2D eigenvalue weighted by atomic mass is 10.0. The van der Waals surface area contributed by atoms with Crippen LogP contribution < -0.4 is 5.32 Å². The molecule has 0 saturated heterocycles.